The molecule has 110 valence electrons. The van der Waals surface area contributed by atoms with Crippen LogP contribution < -0.4 is 0 Å². The second kappa shape index (κ2) is 10.7. The van der Waals surface area contributed by atoms with Gasteiger partial charge < -0.3 is 19.7 Å². The van der Waals surface area contributed by atoms with Crippen LogP contribution in [0.1, 0.15) is 65.7 Å². The molecule has 0 saturated carbocycles. The van der Waals surface area contributed by atoms with E-state index in [4.69, 9.17) is 9.47 Å². The Bertz CT molecular complexity index is 179. The van der Waals surface area contributed by atoms with E-state index in [2.05, 4.69) is 6.92 Å². The van der Waals surface area contributed by atoms with Gasteiger partial charge in [0.1, 0.15) is 6.10 Å². The minimum atomic E-state index is -1.84. The molecule has 0 aliphatic heterocycles. The summed E-state index contributed by atoms with van der Waals surface area (Å²) in [6.45, 7) is 6.34. The van der Waals surface area contributed by atoms with Crippen molar-refractivity contribution in [2.45, 2.75) is 77.8 Å². The fourth-order valence-electron chi connectivity index (χ4n) is 1.95. The number of aliphatic hydroxyl groups excluding tert-OH is 1. The summed E-state index contributed by atoms with van der Waals surface area (Å²) in [4.78, 5) is 0. The summed E-state index contributed by atoms with van der Waals surface area (Å²) < 4.78 is 10.2. The molecule has 1 atom stereocenters. The zero-order chi connectivity index (χ0) is 13.9. The fourth-order valence-corrected chi connectivity index (χ4v) is 1.95. The van der Waals surface area contributed by atoms with Gasteiger partial charge in [-0.15, -0.1) is 0 Å². The summed E-state index contributed by atoms with van der Waals surface area (Å²) in [6.07, 6.45) is 6.40. The van der Waals surface area contributed by atoms with Gasteiger partial charge in [0.15, 0.2) is 0 Å². The van der Waals surface area contributed by atoms with E-state index in [0.29, 0.717) is 19.6 Å². The predicted molar refractivity (Wildman–Crippen MR) is 72.2 cm³/mol. The largest absolute Gasteiger partial charge is 0.385 e. The molecule has 0 aromatic rings. The second-order valence-electron chi connectivity index (χ2n) is 4.57. The van der Waals surface area contributed by atoms with Crippen molar-refractivity contribution >= 4 is 0 Å². The number of rotatable bonds is 12. The maximum atomic E-state index is 10.0. The van der Waals surface area contributed by atoms with Crippen molar-refractivity contribution in [3.05, 3.63) is 0 Å². The van der Waals surface area contributed by atoms with E-state index in [1.54, 1.807) is 13.8 Å². The molecule has 0 aliphatic carbocycles. The Morgan fingerprint density at radius 3 is 1.89 bits per heavy atom. The van der Waals surface area contributed by atoms with E-state index in [1.165, 1.54) is 25.7 Å². The van der Waals surface area contributed by atoms with Crippen molar-refractivity contribution in [3.63, 3.8) is 0 Å². The summed E-state index contributed by atoms with van der Waals surface area (Å²) in [6, 6.07) is 0. The molecular formula is C14H30O4. The lowest BCUT2D eigenvalue weighted by Gasteiger charge is -2.31. The number of ether oxygens (including phenoxy) is 2. The van der Waals surface area contributed by atoms with E-state index in [1.807, 2.05) is 0 Å². The average Bonchev–Trinajstić information content (AvgIpc) is 2.34. The van der Waals surface area contributed by atoms with Crippen LogP contribution in [0.15, 0.2) is 0 Å². The zero-order valence-corrected chi connectivity index (χ0v) is 12.2. The molecule has 2 N–H and O–H groups in total. The first-order valence-corrected chi connectivity index (χ1v) is 7.29. The molecule has 0 amide bonds. The molecule has 0 fully saturated rings. The average molecular weight is 262 g/mol. The van der Waals surface area contributed by atoms with E-state index in [0.717, 1.165) is 12.8 Å². The summed E-state index contributed by atoms with van der Waals surface area (Å²) in [7, 11) is 0. The van der Waals surface area contributed by atoms with Crippen LogP contribution in [0.5, 0.6) is 0 Å². The number of hydrogen-bond donors (Lipinski definition) is 2. The smallest absolute Gasteiger partial charge is 0.308 e. The first kappa shape index (κ1) is 17.8. The molecule has 0 aliphatic rings. The first-order chi connectivity index (χ1) is 8.60. The molecule has 1 unspecified atom stereocenters. The molecule has 0 spiro atoms. The Balaban J connectivity index is 3.84. The normalized spacial score (nSPS) is 13.8. The molecule has 0 aromatic carbocycles. The molecule has 0 radical (unpaired) electrons. The number of aliphatic hydroxyl groups is 2. The molecule has 0 heterocycles. The Morgan fingerprint density at radius 1 is 0.889 bits per heavy atom. The lowest BCUT2D eigenvalue weighted by atomic mass is 10.1. The quantitative estimate of drug-likeness (QED) is 0.419. The van der Waals surface area contributed by atoms with Gasteiger partial charge in [0.2, 0.25) is 0 Å². The highest BCUT2D eigenvalue weighted by molar-refractivity contribution is 4.68. The highest BCUT2D eigenvalue weighted by atomic mass is 16.8. The van der Waals surface area contributed by atoms with Crippen molar-refractivity contribution in [1.29, 1.82) is 0 Å². The summed E-state index contributed by atoms with van der Waals surface area (Å²) >= 11 is 0. The second-order valence-corrected chi connectivity index (χ2v) is 4.57. The van der Waals surface area contributed by atoms with Crippen LogP contribution in [0.4, 0.5) is 0 Å². The highest BCUT2D eigenvalue weighted by Gasteiger charge is 2.37. The minimum absolute atomic E-state index is 0.310. The molecule has 0 rings (SSSR count). The van der Waals surface area contributed by atoms with Crippen LogP contribution in [0, 0.1) is 0 Å². The van der Waals surface area contributed by atoms with Crippen LogP contribution in [0.25, 0.3) is 0 Å². The maximum Gasteiger partial charge on any atom is 0.308 e. The third-order valence-corrected chi connectivity index (χ3v) is 2.95. The number of hydrogen-bond acceptors (Lipinski definition) is 4. The lowest BCUT2D eigenvalue weighted by molar-refractivity contribution is -0.394. The molecular weight excluding hydrogens is 232 g/mol. The van der Waals surface area contributed by atoms with Gasteiger partial charge in [-0.1, -0.05) is 45.4 Å². The van der Waals surface area contributed by atoms with E-state index in [-0.39, 0.29) is 0 Å². The zero-order valence-electron chi connectivity index (χ0n) is 12.2. The molecule has 4 heteroatoms. The Kier molecular flexibility index (Phi) is 10.6. The Morgan fingerprint density at radius 2 is 1.39 bits per heavy atom. The molecule has 18 heavy (non-hydrogen) atoms. The van der Waals surface area contributed by atoms with Gasteiger partial charge in [0, 0.05) is 13.2 Å². The summed E-state index contributed by atoms with van der Waals surface area (Å²) in [5.74, 6) is -1.84. The molecule has 4 nitrogen and oxygen atoms in total. The van der Waals surface area contributed by atoms with Crippen LogP contribution in [-0.2, 0) is 9.47 Å². The summed E-state index contributed by atoms with van der Waals surface area (Å²) in [5, 5.41) is 20.0. The Hall–Kier alpha value is -0.160. The van der Waals surface area contributed by atoms with Gasteiger partial charge in [-0.3, -0.25) is 0 Å². The fraction of sp³-hybridized carbons (Fsp3) is 1.00. The van der Waals surface area contributed by atoms with Crippen molar-refractivity contribution in [2.24, 2.45) is 0 Å². The van der Waals surface area contributed by atoms with E-state index in [9.17, 15) is 10.2 Å². The third-order valence-electron chi connectivity index (χ3n) is 2.95. The standard InChI is InChI=1S/C14H30O4/c1-4-7-8-9-10-11-12-13(15)14(16,17-5-2)18-6-3/h13,15-16H,4-12H2,1-3H3. The Labute approximate surface area is 111 Å². The number of unbranched alkanes of at least 4 members (excludes halogenated alkanes) is 5. The van der Waals surface area contributed by atoms with E-state index >= 15 is 0 Å². The SMILES string of the molecule is CCCCCCCCC(O)C(O)(OCC)OCC. The minimum Gasteiger partial charge on any atom is -0.385 e. The van der Waals surface area contributed by atoms with Crippen LogP contribution >= 0.6 is 0 Å². The van der Waals surface area contributed by atoms with Gasteiger partial charge in [-0.2, -0.15) is 0 Å². The molecule has 0 bridgehead atoms. The summed E-state index contributed by atoms with van der Waals surface area (Å²) in [5.41, 5.74) is 0. The maximum absolute atomic E-state index is 10.0. The van der Waals surface area contributed by atoms with Crippen LogP contribution in [0.3, 0.4) is 0 Å². The van der Waals surface area contributed by atoms with Crippen molar-refractivity contribution in [2.75, 3.05) is 13.2 Å². The third kappa shape index (κ3) is 7.31. The topological polar surface area (TPSA) is 58.9 Å². The monoisotopic (exact) mass is 262 g/mol. The predicted octanol–water partition coefficient (Wildman–Crippen LogP) is 2.82. The van der Waals surface area contributed by atoms with Gasteiger partial charge in [-0.25, -0.2) is 0 Å². The lowest BCUT2D eigenvalue weighted by Crippen LogP contribution is -2.47. The van der Waals surface area contributed by atoms with Crippen molar-refractivity contribution < 1.29 is 19.7 Å². The van der Waals surface area contributed by atoms with Gasteiger partial charge in [0.05, 0.1) is 0 Å². The highest BCUT2D eigenvalue weighted by Crippen LogP contribution is 2.20. The van der Waals surface area contributed by atoms with Crippen molar-refractivity contribution in [3.8, 4) is 0 Å². The van der Waals surface area contributed by atoms with Crippen LogP contribution in [-0.4, -0.2) is 35.5 Å². The van der Waals surface area contributed by atoms with E-state index < -0.39 is 12.1 Å². The molecule has 0 saturated heterocycles. The van der Waals surface area contributed by atoms with Gasteiger partial charge in [0.25, 0.3) is 0 Å². The van der Waals surface area contributed by atoms with Gasteiger partial charge >= 0.3 is 5.97 Å². The van der Waals surface area contributed by atoms with Gasteiger partial charge in [-0.05, 0) is 20.3 Å². The van der Waals surface area contributed by atoms with Crippen molar-refractivity contribution in [1.82, 2.24) is 0 Å². The molecule has 0 aromatic heterocycles. The first-order valence-electron chi connectivity index (χ1n) is 7.29. The van der Waals surface area contributed by atoms with Crippen LogP contribution in [0.2, 0.25) is 0 Å².